The summed E-state index contributed by atoms with van der Waals surface area (Å²) in [6.45, 7) is 7.52. The van der Waals surface area contributed by atoms with Gasteiger partial charge < -0.3 is 10.2 Å². The first-order valence-electron chi connectivity index (χ1n) is 16.9. The fourth-order valence-electron chi connectivity index (χ4n) is 7.67. The first-order chi connectivity index (χ1) is 23.3. The van der Waals surface area contributed by atoms with Crippen LogP contribution in [0.1, 0.15) is 80.4 Å². The van der Waals surface area contributed by atoms with Crippen LogP contribution in [0.25, 0.3) is 22.0 Å². The molecule has 3 atom stereocenters. The molecule has 4 aromatic rings. The molecular weight excluding hydrogens is 686 g/mol. The fourth-order valence-corrected chi connectivity index (χ4v) is 8.01. The number of hydrogen-bond donors (Lipinski definition) is 1. The molecule has 49 heavy (non-hydrogen) atoms. The van der Waals surface area contributed by atoms with Gasteiger partial charge in [0.2, 0.25) is 11.8 Å². The van der Waals surface area contributed by atoms with Crippen LogP contribution >= 0.6 is 15.9 Å². The largest absolute Gasteiger partial charge is 0.355 e. The number of ketones is 2. The average molecular weight is 727 g/mol. The van der Waals surface area contributed by atoms with Crippen LogP contribution in [0.2, 0.25) is 0 Å². The van der Waals surface area contributed by atoms with Crippen LogP contribution in [0.5, 0.6) is 0 Å². The van der Waals surface area contributed by atoms with Gasteiger partial charge in [0.05, 0.1) is 23.7 Å². The van der Waals surface area contributed by atoms with Crippen molar-refractivity contribution in [2.75, 3.05) is 6.54 Å². The lowest BCUT2D eigenvalue weighted by Gasteiger charge is -2.27. The molecule has 1 saturated heterocycles. The number of likely N-dealkylation sites (tertiary alicyclic amines) is 1. The molecule has 0 radical (unpaired) electrons. The summed E-state index contributed by atoms with van der Waals surface area (Å²) >= 11 is 3.48. The predicted molar refractivity (Wildman–Crippen MR) is 187 cm³/mol. The summed E-state index contributed by atoms with van der Waals surface area (Å²) in [5.74, 6) is 0.139. The second-order valence-corrected chi connectivity index (χ2v) is 15.4. The van der Waals surface area contributed by atoms with Crippen LogP contribution in [0, 0.1) is 17.8 Å². The van der Waals surface area contributed by atoms with Crippen LogP contribution in [0.3, 0.4) is 0 Å². The smallest absolute Gasteiger partial charge is 0.245 e. The highest BCUT2D eigenvalue weighted by molar-refractivity contribution is 9.10. The summed E-state index contributed by atoms with van der Waals surface area (Å²) in [7, 11) is 0. The highest BCUT2D eigenvalue weighted by Crippen LogP contribution is 2.59. The Hall–Kier alpha value is -4.32. The Bertz CT molecular complexity index is 2010. The van der Waals surface area contributed by atoms with Crippen molar-refractivity contribution in [3.63, 3.8) is 0 Å². The average Bonchev–Trinajstić information content (AvgIpc) is 3.48. The zero-order valence-electron chi connectivity index (χ0n) is 28.3. The van der Waals surface area contributed by atoms with Crippen LogP contribution in [-0.2, 0) is 33.8 Å². The first-order valence-corrected chi connectivity index (χ1v) is 17.7. The summed E-state index contributed by atoms with van der Waals surface area (Å²) in [6.07, 6.45) is 8.05. The zero-order valence-corrected chi connectivity index (χ0v) is 29.8. The SMILES string of the molecule is CC(=O)c1nn(CC(=O)N2[C@H]3C[C@@]4(CNC(=O)C(C)(C)CCCCc5ccc(Br)nc5CC3=O)C[C@@H]24)c2ccc(-c3cnc(C)nc3)cc12. The van der Waals surface area contributed by atoms with Crippen LogP contribution in [0.4, 0.5) is 0 Å². The Morgan fingerprint density at radius 3 is 2.57 bits per heavy atom. The number of halogens is 1. The zero-order chi connectivity index (χ0) is 34.7. The number of amides is 2. The number of hydrogen-bond acceptors (Lipinski definition) is 8. The van der Waals surface area contributed by atoms with Crippen LogP contribution in [0.15, 0.2) is 47.3 Å². The Morgan fingerprint density at radius 1 is 1.04 bits per heavy atom. The molecule has 1 aromatic carbocycles. The molecule has 0 unspecified atom stereocenters. The van der Waals surface area contributed by atoms with E-state index in [1.807, 2.05) is 51.1 Å². The maximum absolute atomic E-state index is 14.3. The number of nitrogens with zero attached hydrogens (tertiary/aromatic N) is 6. The number of carbonyl (C=O) groups is 4. The maximum atomic E-state index is 14.3. The van der Waals surface area contributed by atoms with Gasteiger partial charge in [-0.1, -0.05) is 32.4 Å². The number of nitrogens with one attached hydrogen (secondary N) is 1. The Morgan fingerprint density at radius 2 is 1.82 bits per heavy atom. The van der Waals surface area contributed by atoms with E-state index in [2.05, 4.69) is 36.3 Å². The van der Waals surface area contributed by atoms with Gasteiger partial charge in [0.15, 0.2) is 11.6 Å². The highest BCUT2D eigenvalue weighted by atomic mass is 79.9. The van der Waals surface area contributed by atoms with Crippen molar-refractivity contribution in [1.29, 1.82) is 0 Å². The van der Waals surface area contributed by atoms with E-state index < -0.39 is 11.5 Å². The second kappa shape index (κ2) is 12.5. The number of rotatable bonds is 4. The molecule has 254 valence electrons. The number of aromatic nitrogens is 5. The van der Waals surface area contributed by atoms with Gasteiger partial charge >= 0.3 is 0 Å². The van der Waals surface area contributed by atoms with Crippen LogP contribution < -0.4 is 5.32 Å². The molecule has 11 nitrogen and oxygen atoms in total. The number of benzene rings is 1. The number of piperidine rings is 1. The predicted octanol–water partition coefficient (Wildman–Crippen LogP) is 5.20. The van der Waals surface area contributed by atoms with Crippen molar-refractivity contribution in [3.8, 4) is 11.1 Å². The molecule has 3 aliphatic rings. The third-order valence-corrected chi connectivity index (χ3v) is 11.1. The molecule has 1 saturated carbocycles. The van der Waals surface area contributed by atoms with E-state index in [1.54, 1.807) is 22.0 Å². The molecular formula is C37H40BrN7O4. The van der Waals surface area contributed by atoms with Gasteiger partial charge in [0.1, 0.15) is 22.7 Å². The van der Waals surface area contributed by atoms with Crippen LogP contribution in [-0.4, -0.2) is 71.6 Å². The molecule has 1 aliphatic carbocycles. The van der Waals surface area contributed by atoms with Gasteiger partial charge in [-0.25, -0.2) is 15.0 Å². The van der Waals surface area contributed by atoms with Gasteiger partial charge in [-0.2, -0.15) is 5.10 Å². The van der Waals surface area contributed by atoms with E-state index in [0.717, 1.165) is 48.1 Å². The van der Waals surface area contributed by atoms with E-state index in [-0.39, 0.29) is 53.5 Å². The highest BCUT2D eigenvalue weighted by Gasteiger charge is 2.67. The van der Waals surface area contributed by atoms with Crippen molar-refractivity contribution >= 4 is 50.2 Å². The normalized spacial score (nSPS) is 23.7. The minimum absolute atomic E-state index is 0.00242. The number of carbonyl (C=O) groups excluding carboxylic acids is 4. The monoisotopic (exact) mass is 725 g/mol. The lowest BCUT2D eigenvalue weighted by atomic mass is 9.85. The van der Waals surface area contributed by atoms with Gasteiger partial charge in [-0.15, -0.1) is 0 Å². The van der Waals surface area contributed by atoms with Gasteiger partial charge in [-0.05, 0) is 84.3 Å². The summed E-state index contributed by atoms with van der Waals surface area (Å²) < 4.78 is 2.23. The third-order valence-electron chi connectivity index (χ3n) is 10.7. The summed E-state index contributed by atoms with van der Waals surface area (Å²) in [5.41, 5.74) is 3.39. The lowest BCUT2D eigenvalue weighted by molar-refractivity contribution is -0.139. The minimum Gasteiger partial charge on any atom is -0.355 e. The Labute approximate surface area is 293 Å². The van der Waals surface area contributed by atoms with Crippen molar-refractivity contribution in [2.24, 2.45) is 10.8 Å². The molecule has 3 aromatic heterocycles. The standard InChI is InChI=1S/C37H40BrN7O4/c1-21(46)34-26-13-24(25-17-39-22(2)40-18-25)8-10-28(26)44(43-34)19-33(48)45-29-15-37(16-31(37)45)20-41-35(49)36(3,4)12-6-5-7-23-9-11-32(38)42-27(23)14-30(29)47/h8-11,13,17-18,29,31H,5-7,12,14-16,19-20H2,1-4H3,(H,41,49)/t29-,31+,37-/m0/s1. The number of aryl methyl sites for hydroxylation is 2. The van der Waals surface area contributed by atoms with E-state index in [4.69, 9.17) is 4.98 Å². The summed E-state index contributed by atoms with van der Waals surface area (Å²) in [4.78, 5) is 69.6. The summed E-state index contributed by atoms with van der Waals surface area (Å²) in [6, 6.07) is 8.71. The quantitative estimate of drug-likeness (QED) is 0.224. The minimum atomic E-state index is -0.655. The Kier molecular flexibility index (Phi) is 8.49. The van der Waals surface area contributed by atoms with Crippen molar-refractivity contribution in [1.82, 2.24) is 34.9 Å². The molecule has 1 N–H and O–H groups in total. The number of pyridine rings is 1. The molecule has 1 spiro atoms. The van der Waals surface area contributed by atoms with Crippen molar-refractivity contribution in [2.45, 2.75) is 91.3 Å². The fraction of sp³-hybridized carbons (Fsp3) is 0.459. The summed E-state index contributed by atoms with van der Waals surface area (Å²) in [5, 5.41) is 8.43. The number of fused-ring (bicyclic) bond motifs is 3. The van der Waals surface area contributed by atoms with E-state index in [9.17, 15) is 19.2 Å². The van der Waals surface area contributed by atoms with E-state index in [1.165, 1.54) is 6.92 Å². The second-order valence-electron chi connectivity index (χ2n) is 14.6. The van der Waals surface area contributed by atoms with Gasteiger partial charge in [0, 0.05) is 53.7 Å². The number of Topliss-reactive ketones (excluding diaryl/α,β-unsaturated/α-hetero) is 2. The topological polar surface area (TPSA) is 140 Å². The molecule has 2 aliphatic heterocycles. The Balaban J connectivity index is 1.21. The van der Waals surface area contributed by atoms with E-state index in [0.29, 0.717) is 40.7 Å². The third kappa shape index (κ3) is 6.31. The molecule has 2 amide bonds. The molecule has 5 heterocycles. The van der Waals surface area contributed by atoms with Crippen molar-refractivity contribution in [3.05, 3.63) is 70.1 Å². The molecule has 2 fully saturated rings. The molecule has 2 bridgehead atoms. The van der Waals surface area contributed by atoms with E-state index >= 15 is 0 Å². The maximum Gasteiger partial charge on any atom is 0.245 e. The molecule has 7 rings (SSSR count). The first kappa shape index (κ1) is 33.2. The van der Waals surface area contributed by atoms with Gasteiger partial charge in [0.25, 0.3) is 0 Å². The van der Waals surface area contributed by atoms with Gasteiger partial charge in [-0.3, -0.25) is 23.9 Å². The van der Waals surface area contributed by atoms with Crippen molar-refractivity contribution < 1.29 is 19.2 Å². The molecule has 12 heteroatoms. The lowest BCUT2D eigenvalue weighted by Crippen LogP contribution is -2.45.